The lowest BCUT2D eigenvalue weighted by molar-refractivity contribution is -0.138. The van der Waals surface area contributed by atoms with E-state index in [0.29, 0.717) is 51.4 Å². The van der Waals surface area contributed by atoms with Crippen LogP contribution in [0.5, 0.6) is 0 Å². The molecule has 270 valence electrons. The van der Waals surface area contributed by atoms with Crippen molar-refractivity contribution in [3.05, 3.63) is 108 Å². The normalized spacial score (nSPS) is 15.1. The van der Waals surface area contributed by atoms with E-state index in [1.54, 1.807) is 0 Å². The fraction of sp³-hybridized carbons (Fsp3) is 0.400. The number of rotatable bonds is 17. The van der Waals surface area contributed by atoms with Crippen LogP contribution in [-0.2, 0) is 36.9 Å². The Hall–Kier alpha value is -5.00. The highest BCUT2D eigenvalue weighted by Gasteiger charge is 2.33. The number of hydrogen-bond acceptors (Lipinski definition) is 6. The van der Waals surface area contributed by atoms with Gasteiger partial charge in [-0.15, -0.1) is 0 Å². The molecular weight excluding hydrogens is 644 g/mol. The van der Waals surface area contributed by atoms with Crippen LogP contribution in [0.3, 0.4) is 0 Å². The Morgan fingerprint density at radius 3 is 2.25 bits per heavy atom. The molecule has 1 unspecified atom stereocenters. The standard InChI is InChI=1S/C40H50N6O5/c1-28(47)42-21-11-10-18-36(44-38(48)34(41)27-51-26-29-12-4-2-5-13-29)39(49)45-37(24-32-25-43-35-17-9-8-16-33(32)35)40(50)46-22-19-31(20-23-46)30-14-6-3-7-15-30/h2-9,12-17,25,31,34,36-37,43H,10-11,18-24,26-27,41H2,1H3,(H,42,47)(H,44,48)(H,45,49)/t34-,36?,37-/m0/s1. The number of ether oxygens (including phenoxy) is 1. The Labute approximate surface area is 299 Å². The molecular formula is C40H50N6O5. The van der Waals surface area contributed by atoms with Crippen LogP contribution >= 0.6 is 0 Å². The minimum atomic E-state index is -1.00. The number of aromatic nitrogens is 1. The van der Waals surface area contributed by atoms with E-state index in [9.17, 15) is 19.2 Å². The number of benzene rings is 3. The monoisotopic (exact) mass is 694 g/mol. The summed E-state index contributed by atoms with van der Waals surface area (Å²) < 4.78 is 5.69. The summed E-state index contributed by atoms with van der Waals surface area (Å²) in [6, 6.07) is 25.0. The van der Waals surface area contributed by atoms with Gasteiger partial charge in [0.15, 0.2) is 0 Å². The highest BCUT2D eigenvalue weighted by molar-refractivity contribution is 5.94. The Kier molecular flexibility index (Phi) is 13.8. The van der Waals surface area contributed by atoms with Crippen molar-refractivity contribution in [2.24, 2.45) is 5.73 Å². The fourth-order valence-electron chi connectivity index (χ4n) is 6.61. The number of carbonyl (C=O) groups is 4. The third-order valence-electron chi connectivity index (χ3n) is 9.46. The van der Waals surface area contributed by atoms with E-state index >= 15 is 0 Å². The molecule has 1 aromatic heterocycles. The van der Waals surface area contributed by atoms with Crippen LogP contribution in [0.15, 0.2) is 91.1 Å². The van der Waals surface area contributed by atoms with Crippen LogP contribution < -0.4 is 21.7 Å². The zero-order chi connectivity index (χ0) is 36.0. The number of aromatic amines is 1. The zero-order valence-electron chi connectivity index (χ0n) is 29.3. The van der Waals surface area contributed by atoms with Crippen LogP contribution in [0.2, 0.25) is 0 Å². The second kappa shape index (κ2) is 18.8. The van der Waals surface area contributed by atoms with E-state index in [4.69, 9.17) is 10.5 Å². The second-order valence-corrected chi connectivity index (χ2v) is 13.3. The number of nitrogens with zero attached hydrogens (tertiary/aromatic N) is 1. The van der Waals surface area contributed by atoms with Gasteiger partial charge in [-0.3, -0.25) is 19.2 Å². The summed E-state index contributed by atoms with van der Waals surface area (Å²) in [5.41, 5.74) is 10.3. The summed E-state index contributed by atoms with van der Waals surface area (Å²) in [5, 5.41) is 9.60. The number of nitrogens with two attached hydrogens (primary N) is 1. The molecule has 11 nitrogen and oxygen atoms in total. The van der Waals surface area contributed by atoms with Crippen molar-refractivity contribution in [3.8, 4) is 0 Å². The quantitative estimate of drug-likeness (QED) is 0.105. The summed E-state index contributed by atoms with van der Waals surface area (Å²) >= 11 is 0. The second-order valence-electron chi connectivity index (χ2n) is 13.3. The number of likely N-dealkylation sites (tertiary alicyclic amines) is 1. The van der Waals surface area contributed by atoms with Crippen LogP contribution in [0.25, 0.3) is 10.9 Å². The van der Waals surface area contributed by atoms with Gasteiger partial charge in [0.25, 0.3) is 0 Å². The average Bonchev–Trinajstić information content (AvgIpc) is 3.56. The summed E-state index contributed by atoms with van der Waals surface area (Å²) in [6.07, 6.45) is 5.29. The van der Waals surface area contributed by atoms with Crippen molar-refractivity contribution in [2.75, 3.05) is 26.2 Å². The Morgan fingerprint density at radius 2 is 1.53 bits per heavy atom. The van der Waals surface area contributed by atoms with Crippen molar-refractivity contribution in [1.29, 1.82) is 0 Å². The maximum Gasteiger partial charge on any atom is 0.245 e. The van der Waals surface area contributed by atoms with Gasteiger partial charge in [-0.1, -0.05) is 78.9 Å². The summed E-state index contributed by atoms with van der Waals surface area (Å²) in [5.74, 6) is -0.896. The van der Waals surface area contributed by atoms with Crippen LogP contribution in [0.4, 0.5) is 0 Å². The minimum Gasteiger partial charge on any atom is -0.375 e. The molecule has 3 aromatic carbocycles. The molecule has 1 aliphatic heterocycles. The molecule has 1 saturated heterocycles. The van der Waals surface area contributed by atoms with Gasteiger partial charge in [0, 0.05) is 50.1 Å². The largest absolute Gasteiger partial charge is 0.375 e. The van der Waals surface area contributed by atoms with E-state index in [1.807, 2.05) is 83.9 Å². The van der Waals surface area contributed by atoms with Gasteiger partial charge >= 0.3 is 0 Å². The zero-order valence-corrected chi connectivity index (χ0v) is 29.3. The van der Waals surface area contributed by atoms with E-state index in [-0.39, 0.29) is 24.8 Å². The molecule has 1 aliphatic rings. The molecule has 6 N–H and O–H groups in total. The maximum atomic E-state index is 14.2. The van der Waals surface area contributed by atoms with E-state index < -0.39 is 29.9 Å². The molecule has 0 radical (unpaired) electrons. The van der Waals surface area contributed by atoms with Gasteiger partial charge in [0.2, 0.25) is 23.6 Å². The number of fused-ring (bicyclic) bond motifs is 1. The van der Waals surface area contributed by atoms with Gasteiger partial charge in [0.05, 0.1) is 13.2 Å². The molecule has 5 rings (SSSR count). The van der Waals surface area contributed by atoms with Crippen molar-refractivity contribution in [3.63, 3.8) is 0 Å². The summed E-state index contributed by atoms with van der Waals surface area (Å²) in [7, 11) is 0. The van der Waals surface area contributed by atoms with Gasteiger partial charge in [-0.25, -0.2) is 0 Å². The molecule has 0 saturated carbocycles. The van der Waals surface area contributed by atoms with E-state index in [1.165, 1.54) is 12.5 Å². The Bertz CT molecular complexity index is 1720. The smallest absolute Gasteiger partial charge is 0.245 e. The number of para-hydroxylation sites is 1. The number of H-pyrrole nitrogens is 1. The van der Waals surface area contributed by atoms with Crippen molar-refractivity contribution >= 4 is 34.5 Å². The Balaban J connectivity index is 1.28. The van der Waals surface area contributed by atoms with Crippen molar-refractivity contribution in [1.82, 2.24) is 25.8 Å². The number of unbranched alkanes of at least 4 members (excludes halogenated alkanes) is 1. The number of carbonyl (C=O) groups excluding carboxylic acids is 4. The molecule has 1 fully saturated rings. The summed E-state index contributed by atoms with van der Waals surface area (Å²) in [4.78, 5) is 58.0. The van der Waals surface area contributed by atoms with Crippen molar-refractivity contribution < 1.29 is 23.9 Å². The predicted molar refractivity (Wildman–Crippen MR) is 197 cm³/mol. The lowest BCUT2D eigenvalue weighted by Gasteiger charge is -2.35. The number of piperidine rings is 1. The van der Waals surface area contributed by atoms with Crippen LogP contribution in [-0.4, -0.2) is 77.9 Å². The van der Waals surface area contributed by atoms with Gasteiger partial charge in [-0.2, -0.15) is 0 Å². The number of hydrogen-bond donors (Lipinski definition) is 5. The third-order valence-corrected chi connectivity index (χ3v) is 9.46. The Morgan fingerprint density at radius 1 is 0.863 bits per heavy atom. The highest BCUT2D eigenvalue weighted by atomic mass is 16.5. The molecule has 0 spiro atoms. The van der Waals surface area contributed by atoms with Gasteiger partial charge < -0.3 is 36.3 Å². The van der Waals surface area contributed by atoms with Crippen molar-refractivity contribution in [2.45, 2.75) is 76.1 Å². The molecule has 0 bridgehead atoms. The lowest BCUT2D eigenvalue weighted by Crippen LogP contribution is -2.57. The minimum absolute atomic E-state index is 0.0296. The topological polar surface area (TPSA) is 159 Å². The lowest BCUT2D eigenvalue weighted by atomic mass is 9.89. The van der Waals surface area contributed by atoms with Crippen LogP contribution in [0.1, 0.15) is 61.6 Å². The molecule has 51 heavy (non-hydrogen) atoms. The van der Waals surface area contributed by atoms with E-state index in [0.717, 1.165) is 34.9 Å². The molecule has 4 amide bonds. The highest BCUT2D eigenvalue weighted by Crippen LogP contribution is 2.28. The molecule has 11 heteroatoms. The van der Waals surface area contributed by atoms with Gasteiger partial charge in [0.1, 0.15) is 18.1 Å². The average molecular weight is 695 g/mol. The predicted octanol–water partition coefficient (Wildman–Crippen LogP) is 3.94. The summed E-state index contributed by atoms with van der Waals surface area (Å²) in [6.45, 7) is 3.34. The van der Waals surface area contributed by atoms with Crippen LogP contribution in [0, 0.1) is 0 Å². The first kappa shape index (κ1) is 37.3. The first-order chi connectivity index (χ1) is 24.8. The molecule has 3 atom stereocenters. The van der Waals surface area contributed by atoms with E-state index in [2.05, 4.69) is 33.1 Å². The SMILES string of the molecule is CC(=O)NCCCCC(NC(=O)[C@@H](N)COCc1ccccc1)C(=O)N[C@@H](Cc1c[nH]c2ccccc12)C(=O)N1CCC(c2ccccc2)CC1. The van der Waals surface area contributed by atoms with Gasteiger partial charge in [-0.05, 0) is 60.8 Å². The maximum absolute atomic E-state index is 14.2. The number of nitrogens with one attached hydrogen (secondary N) is 4. The number of amides is 4. The third kappa shape index (κ3) is 11.0. The fourth-order valence-corrected chi connectivity index (χ4v) is 6.61. The molecule has 4 aromatic rings. The first-order valence-electron chi connectivity index (χ1n) is 17.9. The molecule has 2 heterocycles. The first-order valence-corrected chi connectivity index (χ1v) is 17.9. The molecule has 0 aliphatic carbocycles.